The van der Waals surface area contributed by atoms with Crippen molar-refractivity contribution in [3.63, 3.8) is 0 Å². The third kappa shape index (κ3) is 0.707. The molecule has 1 rings (SSSR count). The molecule has 0 saturated carbocycles. The van der Waals surface area contributed by atoms with Gasteiger partial charge in [0.1, 0.15) is 14.8 Å². The molecule has 0 saturated heterocycles. The summed E-state index contributed by atoms with van der Waals surface area (Å²) in [5, 5.41) is 0. The minimum absolute atomic E-state index is 0.201. The number of imidazole rings is 1. The highest BCUT2D eigenvalue weighted by atomic mass is 16.6. The molecule has 3 heteroatoms. The van der Waals surface area contributed by atoms with Crippen LogP contribution >= 0.6 is 0 Å². The number of hydrogen-bond acceptors (Lipinski definition) is 2. The zero-order valence-electron chi connectivity index (χ0n) is 6.80. The Bertz CT molecular complexity index is 247. The molecular weight excluding hydrogens is 92.1 g/mol. The van der Waals surface area contributed by atoms with Gasteiger partial charge >= 0.3 is 0 Å². The van der Waals surface area contributed by atoms with E-state index in [-0.39, 0.29) is 18.6 Å². The third-order valence-electron chi connectivity index (χ3n) is 0.531. The predicted octanol–water partition coefficient (Wildman–Crippen LogP) is -0.0585. The normalized spacial score (nSPS) is 14.7. The zero-order valence-corrected chi connectivity index (χ0v) is 3.80. The largest absolute Gasteiger partial charge is 0.416 e. The molecule has 0 aliphatic rings. The van der Waals surface area contributed by atoms with Crippen molar-refractivity contribution in [1.82, 2.24) is 9.71 Å². The molecule has 0 spiro atoms. The fourth-order valence-electron chi connectivity index (χ4n) is 0.252. The van der Waals surface area contributed by atoms with Gasteiger partial charge in [-0.25, -0.2) is 4.98 Å². The minimum atomic E-state index is -0.244. The number of aromatic nitrogens is 2. The van der Waals surface area contributed by atoms with Gasteiger partial charge in [0.15, 0.2) is 0 Å². The molecule has 0 amide bonds. The van der Waals surface area contributed by atoms with E-state index in [0.29, 0.717) is 0 Å². The number of hydrogen-bond donors (Lipinski definition) is 0. The molecule has 1 heterocycles. The maximum Gasteiger partial charge on any atom is 0.131 e. The molecule has 0 fully saturated rings. The van der Waals surface area contributed by atoms with Gasteiger partial charge in [0.25, 0.3) is 0 Å². The fraction of sp³-hybridized carbons (Fsp3) is 0.250. The van der Waals surface area contributed by atoms with Crippen molar-refractivity contribution in [1.29, 1.82) is 0 Å². The van der Waals surface area contributed by atoms with E-state index >= 15 is 0 Å². The van der Waals surface area contributed by atoms with Gasteiger partial charge in [-0.3, -0.25) is 0 Å². The Morgan fingerprint density at radius 3 is 3.14 bits per heavy atom. The van der Waals surface area contributed by atoms with E-state index in [4.69, 9.17) is 4.11 Å². The van der Waals surface area contributed by atoms with E-state index < -0.39 is 0 Å². The summed E-state index contributed by atoms with van der Waals surface area (Å²) < 4.78 is 21.9. The van der Waals surface area contributed by atoms with Gasteiger partial charge in [-0.1, -0.05) is 0 Å². The van der Waals surface area contributed by atoms with Crippen LogP contribution in [0, 0.1) is 0 Å². The molecular formula is C4H6N2O. The molecule has 0 bridgehead atoms. The smallest absolute Gasteiger partial charge is 0.131 e. The highest BCUT2D eigenvalue weighted by molar-refractivity contribution is 4.68. The van der Waals surface area contributed by atoms with E-state index in [1.165, 1.54) is 7.11 Å². The van der Waals surface area contributed by atoms with E-state index in [2.05, 4.69) is 9.82 Å². The Hall–Kier alpha value is -0.990. The first-order chi connectivity index (χ1) is 4.66. The van der Waals surface area contributed by atoms with Crippen molar-refractivity contribution >= 4 is 0 Å². The first-order valence-corrected chi connectivity index (χ1v) is 1.74. The quantitative estimate of drug-likeness (QED) is 0.495. The van der Waals surface area contributed by atoms with Gasteiger partial charge in [-0.15, -0.1) is 0 Å². The van der Waals surface area contributed by atoms with Crippen LogP contribution in [0.5, 0.6) is 0 Å². The highest BCUT2D eigenvalue weighted by Crippen LogP contribution is 1.75. The lowest BCUT2D eigenvalue weighted by atomic mass is 11.0. The summed E-state index contributed by atoms with van der Waals surface area (Å²) in [6.45, 7) is 0. The molecule has 3 nitrogen and oxygen atoms in total. The maximum absolute atomic E-state index is 7.08. The summed E-state index contributed by atoms with van der Waals surface area (Å²) >= 11 is 0. The molecule has 0 aromatic carbocycles. The van der Waals surface area contributed by atoms with Gasteiger partial charge in [-0.2, -0.15) is 4.73 Å². The molecule has 0 atom stereocenters. The van der Waals surface area contributed by atoms with E-state index in [9.17, 15) is 0 Å². The van der Waals surface area contributed by atoms with Crippen molar-refractivity contribution in [3.05, 3.63) is 18.6 Å². The van der Waals surface area contributed by atoms with Crippen molar-refractivity contribution in [2.24, 2.45) is 0 Å². The van der Waals surface area contributed by atoms with E-state index in [0.717, 1.165) is 4.73 Å². The summed E-state index contributed by atoms with van der Waals surface area (Å²) in [6, 6.07) is 0. The minimum Gasteiger partial charge on any atom is -0.416 e. The monoisotopic (exact) mass is 101 g/mol. The molecule has 7 heavy (non-hydrogen) atoms. The maximum atomic E-state index is 7.08. The second-order valence-corrected chi connectivity index (χ2v) is 0.912. The first kappa shape index (κ1) is 1.86. The molecule has 38 valence electrons. The second kappa shape index (κ2) is 1.64. The lowest BCUT2D eigenvalue weighted by Crippen LogP contribution is -2.00. The van der Waals surface area contributed by atoms with Gasteiger partial charge in [-0.05, 0) is 0 Å². The number of rotatable bonds is 1. The second-order valence-electron chi connectivity index (χ2n) is 0.912. The van der Waals surface area contributed by atoms with Crippen LogP contribution in [0.25, 0.3) is 0 Å². The van der Waals surface area contributed by atoms with Crippen LogP contribution in [0.1, 0.15) is 4.11 Å². The van der Waals surface area contributed by atoms with E-state index in [1.54, 1.807) is 0 Å². The van der Waals surface area contributed by atoms with Crippen LogP contribution < -0.4 is 4.84 Å². The molecule has 0 aliphatic heterocycles. The zero-order chi connectivity index (χ0) is 7.72. The lowest BCUT2D eigenvalue weighted by molar-refractivity contribution is 0.166. The van der Waals surface area contributed by atoms with Crippen LogP contribution in [0.2, 0.25) is 0 Å². The summed E-state index contributed by atoms with van der Waals surface area (Å²) in [5.41, 5.74) is 0. The standard InChI is InChI=1S/C4H6N2O/c1-7-6-3-2-5-4-6/h2-4H,1H3/i2D,3D,4D. The molecule has 0 N–H and O–H groups in total. The van der Waals surface area contributed by atoms with Crippen LogP contribution in [0.4, 0.5) is 0 Å². The van der Waals surface area contributed by atoms with Crippen molar-refractivity contribution in [2.45, 2.75) is 0 Å². The Labute approximate surface area is 45.7 Å². The van der Waals surface area contributed by atoms with Crippen LogP contribution in [-0.2, 0) is 0 Å². The predicted molar refractivity (Wildman–Crippen MR) is 24.7 cm³/mol. The lowest BCUT2D eigenvalue weighted by Gasteiger charge is -1.92. The summed E-state index contributed by atoms with van der Waals surface area (Å²) in [7, 11) is 1.32. The van der Waals surface area contributed by atoms with Crippen LogP contribution in [0.15, 0.2) is 18.6 Å². The first-order valence-electron chi connectivity index (χ1n) is 3.24. The Morgan fingerprint density at radius 1 is 2.00 bits per heavy atom. The Balaban J connectivity index is 3.20. The summed E-state index contributed by atoms with van der Waals surface area (Å²) in [6.07, 6.45) is -0.670. The fourth-order valence-corrected chi connectivity index (χ4v) is 0.252. The van der Waals surface area contributed by atoms with E-state index in [1.807, 2.05) is 0 Å². The molecule has 0 unspecified atom stereocenters. The molecule has 1 aromatic heterocycles. The van der Waals surface area contributed by atoms with Crippen molar-refractivity contribution in [3.8, 4) is 0 Å². The summed E-state index contributed by atoms with van der Waals surface area (Å²) in [4.78, 5) is 7.92. The highest BCUT2D eigenvalue weighted by Gasteiger charge is 1.77. The van der Waals surface area contributed by atoms with Gasteiger partial charge in [0.2, 0.25) is 0 Å². The average Bonchev–Trinajstić information content (AvgIpc) is 2.09. The Morgan fingerprint density at radius 2 is 2.86 bits per heavy atom. The van der Waals surface area contributed by atoms with Gasteiger partial charge in [0, 0.05) is 6.17 Å². The number of nitrogens with zero attached hydrogens (tertiary/aromatic N) is 2. The SMILES string of the molecule is [2H]c1nc([2H])n(OC)c1[2H]. The molecule has 1 aromatic rings. The molecule has 0 radical (unpaired) electrons. The Kier molecular flexibility index (Phi) is 0.435. The average molecular weight is 101 g/mol. The van der Waals surface area contributed by atoms with Crippen molar-refractivity contribution in [2.75, 3.05) is 7.11 Å². The third-order valence-corrected chi connectivity index (χ3v) is 0.531. The van der Waals surface area contributed by atoms with Gasteiger partial charge in [0.05, 0.1) is 8.91 Å². The topological polar surface area (TPSA) is 27.1 Å². The molecule has 0 aliphatic carbocycles. The van der Waals surface area contributed by atoms with Crippen LogP contribution in [0.3, 0.4) is 0 Å². The van der Waals surface area contributed by atoms with Gasteiger partial charge < -0.3 is 4.84 Å². The van der Waals surface area contributed by atoms with Crippen LogP contribution in [-0.4, -0.2) is 16.8 Å². The summed E-state index contributed by atoms with van der Waals surface area (Å²) in [5.74, 6) is 0. The van der Waals surface area contributed by atoms with Crippen molar-refractivity contribution < 1.29 is 8.95 Å².